The Morgan fingerprint density at radius 1 is 1.38 bits per heavy atom. The fraction of sp³-hybridized carbons (Fsp3) is 0.556. The van der Waals surface area contributed by atoms with Crippen LogP contribution >= 0.6 is 0 Å². The molecule has 0 aliphatic carbocycles. The molecule has 1 heterocycles. The summed E-state index contributed by atoms with van der Waals surface area (Å²) in [5.41, 5.74) is -0.755. The first kappa shape index (κ1) is 12.9. The molecule has 0 saturated carbocycles. The predicted octanol–water partition coefficient (Wildman–Crippen LogP) is 1.05. The van der Waals surface area contributed by atoms with Crippen molar-refractivity contribution in [2.24, 2.45) is 0 Å². The molecule has 0 saturated heterocycles. The Labute approximate surface area is 90.1 Å². The smallest absolute Gasteiger partial charge is 0.390 e. The molecule has 1 atom stereocenters. The Kier molecular flexibility index (Phi) is 4.19. The van der Waals surface area contributed by atoms with Gasteiger partial charge in [-0.15, -0.1) is 5.10 Å². The molecule has 1 N–H and O–H groups in total. The molecule has 0 aliphatic heterocycles. The van der Waals surface area contributed by atoms with E-state index in [0.29, 0.717) is 0 Å². The Balaban J connectivity index is 2.65. The zero-order valence-corrected chi connectivity index (χ0v) is 8.53. The van der Waals surface area contributed by atoms with Crippen molar-refractivity contribution in [2.75, 3.05) is 13.7 Å². The maximum atomic E-state index is 12.1. The molecule has 0 fully saturated rings. The standard InChI is InChI=1S/C9H11F3N2O2/c1-16-5-7(15)4-6-2-3-8(14-13-6)9(10,11)12/h2-3,7,15H,4-5H2,1H3. The SMILES string of the molecule is COCC(O)Cc1ccc(C(F)(F)F)nn1. The third-order valence-electron chi connectivity index (χ3n) is 1.81. The van der Waals surface area contributed by atoms with Crippen LogP contribution in [0, 0.1) is 0 Å². The molecule has 0 amide bonds. The Hall–Kier alpha value is -1.21. The van der Waals surface area contributed by atoms with Crippen LogP contribution in [-0.2, 0) is 17.3 Å². The fourth-order valence-corrected chi connectivity index (χ4v) is 1.11. The minimum Gasteiger partial charge on any atom is -0.390 e. The van der Waals surface area contributed by atoms with Gasteiger partial charge in [0.1, 0.15) is 0 Å². The van der Waals surface area contributed by atoms with E-state index in [9.17, 15) is 18.3 Å². The number of methoxy groups -OCH3 is 1. The Morgan fingerprint density at radius 2 is 2.06 bits per heavy atom. The van der Waals surface area contributed by atoms with Crippen LogP contribution in [0.1, 0.15) is 11.4 Å². The van der Waals surface area contributed by atoms with Gasteiger partial charge in [0.15, 0.2) is 5.69 Å². The topological polar surface area (TPSA) is 55.2 Å². The quantitative estimate of drug-likeness (QED) is 0.848. The first-order valence-corrected chi connectivity index (χ1v) is 4.50. The Morgan fingerprint density at radius 3 is 2.50 bits per heavy atom. The number of halogens is 3. The van der Waals surface area contributed by atoms with Crippen LogP contribution in [0.5, 0.6) is 0 Å². The van der Waals surface area contributed by atoms with Gasteiger partial charge in [0.25, 0.3) is 0 Å². The van der Waals surface area contributed by atoms with Crippen LogP contribution < -0.4 is 0 Å². The lowest BCUT2D eigenvalue weighted by molar-refractivity contribution is -0.141. The number of alkyl halides is 3. The molecule has 16 heavy (non-hydrogen) atoms. The van der Waals surface area contributed by atoms with E-state index in [-0.39, 0.29) is 18.7 Å². The summed E-state index contributed by atoms with van der Waals surface area (Å²) < 4.78 is 41.1. The van der Waals surface area contributed by atoms with Crippen molar-refractivity contribution in [1.29, 1.82) is 0 Å². The summed E-state index contributed by atoms with van der Waals surface area (Å²) >= 11 is 0. The summed E-state index contributed by atoms with van der Waals surface area (Å²) in [6.45, 7) is 0.0999. The van der Waals surface area contributed by atoms with Gasteiger partial charge >= 0.3 is 6.18 Å². The van der Waals surface area contributed by atoms with Gasteiger partial charge in [0, 0.05) is 13.5 Å². The number of rotatable bonds is 4. The molecule has 4 nitrogen and oxygen atoms in total. The van der Waals surface area contributed by atoms with Crippen LogP contribution in [0.15, 0.2) is 12.1 Å². The molecular formula is C9H11F3N2O2. The molecule has 1 aromatic rings. The fourth-order valence-electron chi connectivity index (χ4n) is 1.11. The largest absolute Gasteiger partial charge is 0.435 e. The third kappa shape index (κ3) is 3.74. The van der Waals surface area contributed by atoms with Gasteiger partial charge in [-0.2, -0.15) is 18.3 Å². The lowest BCUT2D eigenvalue weighted by Gasteiger charge is -2.09. The number of aliphatic hydroxyl groups is 1. The Bertz CT molecular complexity index is 327. The first-order chi connectivity index (χ1) is 7.43. The second-order valence-corrected chi connectivity index (χ2v) is 3.22. The number of aromatic nitrogens is 2. The molecule has 0 aromatic carbocycles. The number of hydrogen-bond acceptors (Lipinski definition) is 4. The highest BCUT2D eigenvalue weighted by molar-refractivity contribution is 5.10. The summed E-state index contributed by atoms with van der Waals surface area (Å²) in [4.78, 5) is 0. The van der Waals surface area contributed by atoms with Gasteiger partial charge in [-0.25, -0.2) is 0 Å². The average Bonchev–Trinajstić information content (AvgIpc) is 2.17. The van der Waals surface area contributed by atoms with E-state index in [4.69, 9.17) is 0 Å². The summed E-state index contributed by atoms with van der Waals surface area (Å²) in [6.07, 6.45) is -5.17. The minimum absolute atomic E-state index is 0.0999. The van der Waals surface area contributed by atoms with Crippen molar-refractivity contribution in [3.8, 4) is 0 Å². The van der Waals surface area contributed by atoms with Gasteiger partial charge in [0.2, 0.25) is 0 Å². The highest BCUT2D eigenvalue weighted by Crippen LogP contribution is 2.26. The van der Waals surface area contributed by atoms with Crippen LogP contribution in [0.3, 0.4) is 0 Å². The van der Waals surface area contributed by atoms with Crippen LogP contribution in [0.25, 0.3) is 0 Å². The van der Waals surface area contributed by atoms with Crippen molar-refractivity contribution < 1.29 is 23.0 Å². The molecular weight excluding hydrogens is 225 g/mol. The van der Waals surface area contributed by atoms with E-state index < -0.39 is 18.0 Å². The van der Waals surface area contributed by atoms with E-state index in [0.717, 1.165) is 6.07 Å². The van der Waals surface area contributed by atoms with Crippen molar-refractivity contribution in [3.63, 3.8) is 0 Å². The van der Waals surface area contributed by atoms with Gasteiger partial charge < -0.3 is 9.84 Å². The van der Waals surface area contributed by atoms with E-state index in [2.05, 4.69) is 14.9 Å². The monoisotopic (exact) mass is 236 g/mol. The summed E-state index contributed by atoms with van der Waals surface area (Å²) in [6, 6.07) is 2.02. The van der Waals surface area contributed by atoms with E-state index in [1.807, 2.05) is 0 Å². The summed E-state index contributed by atoms with van der Waals surface area (Å²) in [7, 11) is 1.42. The molecule has 0 spiro atoms. The van der Waals surface area contributed by atoms with Gasteiger partial charge in [-0.1, -0.05) is 0 Å². The molecule has 90 valence electrons. The lowest BCUT2D eigenvalue weighted by atomic mass is 10.2. The number of hydrogen-bond donors (Lipinski definition) is 1. The van der Waals surface area contributed by atoms with E-state index in [1.54, 1.807) is 0 Å². The molecule has 0 bridgehead atoms. The normalized spacial score (nSPS) is 13.8. The molecule has 1 unspecified atom stereocenters. The highest BCUT2D eigenvalue weighted by atomic mass is 19.4. The van der Waals surface area contributed by atoms with Crippen LogP contribution in [0.4, 0.5) is 13.2 Å². The maximum Gasteiger partial charge on any atom is 0.435 e. The highest BCUT2D eigenvalue weighted by Gasteiger charge is 2.32. The maximum absolute atomic E-state index is 12.1. The van der Waals surface area contributed by atoms with Gasteiger partial charge in [-0.3, -0.25) is 0 Å². The van der Waals surface area contributed by atoms with Crippen LogP contribution in [0.2, 0.25) is 0 Å². The zero-order valence-electron chi connectivity index (χ0n) is 8.53. The molecule has 0 aliphatic rings. The van der Waals surface area contributed by atoms with Crippen LogP contribution in [-0.4, -0.2) is 35.1 Å². The van der Waals surface area contributed by atoms with Gasteiger partial charge in [-0.05, 0) is 12.1 Å². The molecule has 7 heteroatoms. The second-order valence-electron chi connectivity index (χ2n) is 3.22. The second kappa shape index (κ2) is 5.22. The van der Waals surface area contributed by atoms with E-state index in [1.165, 1.54) is 13.2 Å². The number of ether oxygens (including phenoxy) is 1. The molecule has 0 radical (unpaired) electrons. The predicted molar refractivity (Wildman–Crippen MR) is 48.6 cm³/mol. The molecule has 1 rings (SSSR count). The minimum atomic E-state index is -4.49. The zero-order chi connectivity index (χ0) is 12.2. The van der Waals surface area contributed by atoms with Crippen molar-refractivity contribution in [1.82, 2.24) is 10.2 Å². The summed E-state index contributed by atoms with van der Waals surface area (Å²) in [5.74, 6) is 0. The van der Waals surface area contributed by atoms with E-state index >= 15 is 0 Å². The third-order valence-corrected chi connectivity index (χ3v) is 1.81. The van der Waals surface area contributed by atoms with Crippen molar-refractivity contribution in [3.05, 3.63) is 23.5 Å². The lowest BCUT2D eigenvalue weighted by Crippen LogP contribution is -2.18. The number of nitrogens with zero attached hydrogens (tertiary/aromatic N) is 2. The average molecular weight is 236 g/mol. The van der Waals surface area contributed by atoms with Crippen molar-refractivity contribution >= 4 is 0 Å². The summed E-state index contributed by atoms with van der Waals surface area (Å²) in [5, 5.41) is 15.7. The van der Waals surface area contributed by atoms with Crippen molar-refractivity contribution in [2.45, 2.75) is 18.7 Å². The van der Waals surface area contributed by atoms with Gasteiger partial charge in [0.05, 0.1) is 18.4 Å². The first-order valence-electron chi connectivity index (χ1n) is 4.50. The molecule has 1 aromatic heterocycles. The number of aliphatic hydroxyl groups excluding tert-OH is 1.